The zero-order valence-electron chi connectivity index (χ0n) is 14.0. The number of hydrogen-bond acceptors (Lipinski definition) is 5. The number of terminal acetylenes is 1. The Bertz CT molecular complexity index is 1120. The number of furan rings is 1. The molecule has 0 aliphatic rings. The van der Waals surface area contributed by atoms with Crippen molar-refractivity contribution in [3.63, 3.8) is 0 Å². The van der Waals surface area contributed by atoms with Crippen molar-refractivity contribution in [3.8, 4) is 35.4 Å². The summed E-state index contributed by atoms with van der Waals surface area (Å²) in [7, 11) is 0. The second-order valence-corrected chi connectivity index (χ2v) is 5.65. The third-order valence-electron chi connectivity index (χ3n) is 3.84. The first-order chi connectivity index (χ1) is 13.2. The van der Waals surface area contributed by atoms with Crippen molar-refractivity contribution in [3.05, 3.63) is 78.1 Å². The highest BCUT2D eigenvalue weighted by Gasteiger charge is 2.13. The van der Waals surface area contributed by atoms with E-state index in [-0.39, 0.29) is 11.8 Å². The van der Waals surface area contributed by atoms with E-state index in [4.69, 9.17) is 15.3 Å². The Labute approximate surface area is 154 Å². The van der Waals surface area contributed by atoms with Crippen molar-refractivity contribution in [2.45, 2.75) is 0 Å². The van der Waals surface area contributed by atoms with Crippen LogP contribution in [0.25, 0.3) is 23.1 Å². The van der Waals surface area contributed by atoms with Crippen molar-refractivity contribution in [1.29, 1.82) is 0 Å². The molecule has 0 radical (unpaired) electrons. The highest BCUT2D eigenvalue weighted by atomic mass is 16.4. The molecule has 4 rings (SSSR count). The smallest absolute Gasteiger partial charge is 0.283 e. The van der Waals surface area contributed by atoms with Crippen LogP contribution in [0.1, 0.15) is 15.9 Å². The van der Waals surface area contributed by atoms with E-state index in [1.54, 1.807) is 54.6 Å². The average Bonchev–Trinajstić information content (AvgIpc) is 3.40. The molecule has 0 aliphatic heterocycles. The Balaban J connectivity index is 1.54. The molecule has 0 saturated carbocycles. The van der Waals surface area contributed by atoms with E-state index in [1.807, 2.05) is 6.07 Å². The predicted octanol–water partition coefficient (Wildman–Crippen LogP) is 4.23. The summed E-state index contributed by atoms with van der Waals surface area (Å²) in [5.41, 5.74) is 2.52. The Kier molecular flexibility index (Phi) is 4.25. The van der Waals surface area contributed by atoms with Crippen molar-refractivity contribution in [2.75, 3.05) is 5.32 Å². The molecule has 2 aromatic carbocycles. The first-order valence-electron chi connectivity index (χ1n) is 8.09. The molecule has 0 spiro atoms. The Hall–Kier alpha value is -4.11. The van der Waals surface area contributed by atoms with Crippen LogP contribution in [0.4, 0.5) is 5.69 Å². The Morgan fingerprint density at radius 1 is 1.00 bits per heavy atom. The van der Waals surface area contributed by atoms with Gasteiger partial charge < -0.3 is 14.2 Å². The van der Waals surface area contributed by atoms with Gasteiger partial charge in [-0.15, -0.1) is 16.6 Å². The molecule has 0 atom stereocenters. The fraction of sp³-hybridized carbons (Fsp3) is 0. The van der Waals surface area contributed by atoms with Crippen molar-refractivity contribution in [1.82, 2.24) is 10.2 Å². The third-order valence-corrected chi connectivity index (χ3v) is 3.84. The van der Waals surface area contributed by atoms with Gasteiger partial charge >= 0.3 is 0 Å². The first-order valence-corrected chi connectivity index (χ1v) is 8.09. The highest BCUT2D eigenvalue weighted by Crippen LogP contribution is 2.26. The molecular weight excluding hydrogens is 342 g/mol. The maximum Gasteiger partial charge on any atom is 0.283 e. The fourth-order valence-corrected chi connectivity index (χ4v) is 2.49. The molecular formula is C21H13N3O3. The van der Waals surface area contributed by atoms with Crippen LogP contribution in [-0.2, 0) is 0 Å². The quantitative estimate of drug-likeness (QED) is 0.554. The lowest BCUT2D eigenvalue weighted by atomic mass is 10.1. The molecule has 0 saturated heterocycles. The van der Waals surface area contributed by atoms with Gasteiger partial charge in [-0.1, -0.05) is 12.0 Å². The molecule has 1 amide bonds. The number of aromatic nitrogens is 2. The zero-order valence-corrected chi connectivity index (χ0v) is 14.0. The molecule has 2 aromatic heterocycles. The van der Waals surface area contributed by atoms with Gasteiger partial charge in [-0.3, -0.25) is 4.79 Å². The van der Waals surface area contributed by atoms with E-state index in [0.29, 0.717) is 28.5 Å². The highest BCUT2D eigenvalue weighted by molar-refractivity contribution is 6.04. The molecule has 6 heteroatoms. The van der Waals surface area contributed by atoms with Gasteiger partial charge in [0, 0.05) is 22.4 Å². The number of anilines is 1. The average molecular weight is 355 g/mol. The molecule has 1 N–H and O–H groups in total. The minimum atomic E-state index is -0.238. The van der Waals surface area contributed by atoms with Crippen LogP contribution in [0, 0.1) is 12.3 Å². The lowest BCUT2D eigenvalue weighted by Crippen LogP contribution is -2.11. The van der Waals surface area contributed by atoms with Gasteiger partial charge in [0.25, 0.3) is 11.8 Å². The van der Waals surface area contributed by atoms with E-state index >= 15 is 0 Å². The van der Waals surface area contributed by atoms with Crippen LogP contribution in [0.3, 0.4) is 0 Å². The maximum absolute atomic E-state index is 12.4. The van der Waals surface area contributed by atoms with Gasteiger partial charge in [-0.25, -0.2) is 0 Å². The van der Waals surface area contributed by atoms with Crippen LogP contribution in [0.2, 0.25) is 0 Å². The number of benzene rings is 2. The van der Waals surface area contributed by atoms with Gasteiger partial charge in [-0.2, -0.15) is 0 Å². The molecule has 0 unspecified atom stereocenters. The lowest BCUT2D eigenvalue weighted by Gasteiger charge is -2.06. The molecule has 6 nitrogen and oxygen atoms in total. The van der Waals surface area contributed by atoms with Gasteiger partial charge in [0.2, 0.25) is 5.89 Å². The van der Waals surface area contributed by atoms with Gasteiger partial charge in [0.15, 0.2) is 5.76 Å². The SMILES string of the molecule is C#Cc1ccc(C(=O)Nc2cccc(-c3nnc(-c4ccco4)o3)c2)cc1. The van der Waals surface area contributed by atoms with Crippen molar-refractivity contribution in [2.24, 2.45) is 0 Å². The second kappa shape index (κ2) is 7.02. The first kappa shape index (κ1) is 16.4. The number of amides is 1. The van der Waals surface area contributed by atoms with E-state index < -0.39 is 0 Å². The molecule has 130 valence electrons. The van der Waals surface area contributed by atoms with Crippen LogP contribution >= 0.6 is 0 Å². The number of nitrogens with one attached hydrogen (secondary N) is 1. The summed E-state index contributed by atoms with van der Waals surface area (Å²) in [6.07, 6.45) is 6.86. The van der Waals surface area contributed by atoms with Crippen LogP contribution < -0.4 is 5.32 Å². The molecule has 27 heavy (non-hydrogen) atoms. The third kappa shape index (κ3) is 3.48. The minimum Gasteiger partial charge on any atom is -0.459 e. The zero-order chi connectivity index (χ0) is 18.6. The minimum absolute atomic E-state index is 0.238. The van der Waals surface area contributed by atoms with E-state index in [9.17, 15) is 4.79 Å². The predicted molar refractivity (Wildman–Crippen MR) is 99.8 cm³/mol. The van der Waals surface area contributed by atoms with Crippen LogP contribution in [0.15, 0.2) is 75.8 Å². The topological polar surface area (TPSA) is 81.2 Å². The van der Waals surface area contributed by atoms with Gasteiger partial charge in [0.05, 0.1) is 6.26 Å². The van der Waals surface area contributed by atoms with E-state index in [0.717, 1.165) is 5.56 Å². The van der Waals surface area contributed by atoms with Crippen molar-refractivity contribution >= 4 is 11.6 Å². The second-order valence-electron chi connectivity index (χ2n) is 5.65. The van der Waals surface area contributed by atoms with Crippen LogP contribution in [-0.4, -0.2) is 16.1 Å². The Morgan fingerprint density at radius 3 is 2.56 bits per heavy atom. The summed E-state index contributed by atoms with van der Waals surface area (Å²) in [5, 5.41) is 10.8. The number of hydrogen-bond donors (Lipinski definition) is 1. The number of nitrogens with zero attached hydrogens (tertiary/aromatic N) is 2. The lowest BCUT2D eigenvalue weighted by molar-refractivity contribution is 0.102. The summed E-state index contributed by atoms with van der Waals surface area (Å²) in [6, 6.07) is 17.4. The summed E-state index contributed by atoms with van der Waals surface area (Å²) in [6.45, 7) is 0. The van der Waals surface area contributed by atoms with Crippen LogP contribution in [0.5, 0.6) is 0 Å². The number of rotatable bonds is 4. The molecule has 2 heterocycles. The Morgan fingerprint density at radius 2 is 1.81 bits per heavy atom. The monoisotopic (exact) mass is 355 g/mol. The van der Waals surface area contributed by atoms with Gasteiger partial charge in [0.1, 0.15) is 0 Å². The van der Waals surface area contributed by atoms with E-state index in [1.165, 1.54) is 6.26 Å². The van der Waals surface area contributed by atoms with Gasteiger partial charge in [-0.05, 0) is 54.6 Å². The summed E-state index contributed by atoms with van der Waals surface area (Å²) in [4.78, 5) is 12.4. The standard InChI is InChI=1S/C21H13N3O3/c1-2-14-8-10-15(11-9-14)19(25)22-17-6-3-5-16(13-17)20-23-24-21(27-20)18-7-4-12-26-18/h1,3-13H,(H,22,25). The molecule has 0 fully saturated rings. The summed E-state index contributed by atoms with van der Waals surface area (Å²) >= 11 is 0. The normalized spacial score (nSPS) is 10.3. The summed E-state index contributed by atoms with van der Waals surface area (Å²) in [5.74, 6) is 3.39. The summed E-state index contributed by atoms with van der Waals surface area (Å²) < 4.78 is 10.9. The fourth-order valence-electron chi connectivity index (χ4n) is 2.49. The van der Waals surface area contributed by atoms with E-state index in [2.05, 4.69) is 21.4 Å². The largest absolute Gasteiger partial charge is 0.459 e. The molecule has 0 bridgehead atoms. The molecule has 0 aliphatic carbocycles. The number of carbonyl (C=O) groups is 1. The number of carbonyl (C=O) groups excluding carboxylic acids is 1. The van der Waals surface area contributed by atoms with Crippen molar-refractivity contribution < 1.29 is 13.6 Å². The maximum atomic E-state index is 12.4. The molecule has 4 aromatic rings.